The molecule has 76 valence electrons. The molecule has 0 amide bonds. The van der Waals surface area contributed by atoms with Gasteiger partial charge in [-0.25, -0.2) is 0 Å². The quantitative estimate of drug-likeness (QED) is 0.698. The highest BCUT2D eigenvalue weighted by Gasteiger charge is 2.40. The number of rotatable bonds is 2. The molecule has 0 spiro atoms. The van der Waals surface area contributed by atoms with E-state index in [1.165, 1.54) is 19.3 Å². The molecular weight excluding hydrogens is 162 g/mol. The second-order valence-electron chi connectivity index (χ2n) is 5.17. The molecule has 2 aliphatic rings. The minimum atomic E-state index is -0.0198. The van der Waals surface area contributed by atoms with Gasteiger partial charge in [0.25, 0.3) is 0 Å². The molecule has 0 aromatic rings. The molecule has 2 unspecified atom stereocenters. The van der Waals surface area contributed by atoms with Crippen LogP contribution in [0.4, 0.5) is 0 Å². The molecule has 0 heterocycles. The first-order valence-corrected chi connectivity index (χ1v) is 5.49. The van der Waals surface area contributed by atoms with Gasteiger partial charge in [-0.15, -0.1) is 0 Å². The Bertz CT molecular complexity index is 181. The number of nitrogens with zero attached hydrogens (tertiary/aromatic N) is 1. The molecule has 0 radical (unpaired) electrons. The number of hydrogen-bond donors (Lipinski definition) is 1. The molecule has 2 bridgehead atoms. The van der Waals surface area contributed by atoms with Crippen molar-refractivity contribution in [2.45, 2.75) is 31.8 Å². The van der Waals surface area contributed by atoms with Crippen molar-refractivity contribution in [3.05, 3.63) is 0 Å². The number of aliphatic hydroxyl groups is 1. The lowest BCUT2D eigenvalue weighted by Gasteiger charge is -2.35. The van der Waals surface area contributed by atoms with Crippen molar-refractivity contribution < 1.29 is 5.11 Å². The zero-order valence-corrected chi connectivity index (χ0v) is 8.74. The van der Waals surface area contributed by atoms with Crippen LogP contribution in [0.2, 0.25) is 0 Å². The molecule has 0 aliphatic heterocycles. The maximum absolute atomic E-state index is 9.97. The molecule has 0 aromatic heterocycles. The first kappa shape index (κ1) is 9.47. The lowest BCUT2D eigenvalue weighted by molar-refractivity contribution is 0.0193. The van der Waals surface area contributed by atoms with Crippen LogP contribution in [0.5, 0.6) is 0 Å². The van der Waals surface area contributed by atoms with Crippen molar-refractivity contribution in [3.63, 3.8) is 0 Å². The Morgan fingerprint density at radius 3 is 2.69 bits per heavy atom. The van der Waals surface area contributed by atoms with Gasteiger partial charge in [0.15, 0.2) is 0 Å². The second kappa shape index (κ2) is 3.58. The van der Waals surface area contributed by atoms with Crippen molar-refractivity contribution in [2.75, 3.05) is 20.6 Å². The van der Waals surface area contributed by atoms with Crippen LogP contribution in [-0.4, -0.2) is 36.8 Å². The van der Waals surface area contributed by atoms with E-state index in [2.05, 4.69) is 19.0 Å². The van der Waals surface area contributed by atoms with E-state index in [4.69, 9.17) is 0 Å². The molecule has 0 aromatic carbocycles. The predicted octanol–water partition coefficient (Wildman–Crippen LogP) is 1.35. The third-order valence-corrected chi connectivity index (χ3v) is 3.83. The Balaban J connectivity index is 1.99. The van der Waals surface area contributed by atoms with Gasteiger partial charge < -0.3 is 10.0 Å². The van der Waals surface area contributed by atoms with Gasteiger partial charge >= 0.3 is 0 Å². The smallest absolute Gasteiger partial charge is 0.0585 e. The number of fused-ring (bicyclic) bond motifs is 2. The number of hydrogen-bond acceptors (Lipinski definition) is 2. The fourth-order valence-corrected chi connectivity index (χ4v) is 3.24. The fourth-order valence-electron chi connectivity index (χ4n) is 3.24. The van der Waals surface area contributed by atoms with Crippen LogP contribution >= 0.6 is 0 Å². The largest absolute Gasteiger partial charge is 0.393 e. The van der Waals surface area contributed by atoms with Crippen LogP contribution in [0.15, 0.2) is 0 Å². The van der Waals surface area contributed by atoms with E-state index in [9.17, 15) is 5.11 Å². The van der Waals surface area contributed by atoms with Gasteiger partial charge in [-0.1, -0.05) is 6.42 Å². The first-order valence-electron chi connectivity index (χ1n) is 5.49. The van der Waals surface area contributed by atoms with Gasteiger partial charge in [0.05, 0.1) is 6.10 Å². The van der Waals surface area contributed by atoms with E-state index >= 15 is 0 Å². The van der Waals surface area contributed by atoms with Crippen molar-refractivity contribution in [1.29, 1.82) is 0 Å². The predicted molar refractivity (Wildman–Crippen MR) is 53.5 cm³/mol. The summed E-state index contributed by atoms with van der Waals surface area (Å²) in [5.74, 6) is 2.21. The molecule has 13 heavy (non-hydrogen) atoms. The third-order valence-electron chi connectivity index (χ3n) is 3.83. The highest BCUT2D eigenvalue weighted by Crippen LogP contribution is 2.45. The van der Waals surface area contributed by atoms with Crippen LogP contribution in [0, 0.1) is 17.8 Å². The Hall–Kier alpha value is -0.0800. The van der Waals surface area contributed by atoms with E-state index in [1.807, 2.05) is 0 Å². The van der Waals surface area contributed by atoms with Gasteiger partial charge in [-0.3, -0.25) is 0 Å². The van der Waals surface area contributed by atoms with E-state index in [-0.39, 0.29) is 6.10 Å². The third kappa shape index (κ3) is 1.89. The Morgan fingerprint density at radius 2 is 2.00 bits per heavy atom. The van der Waals surface area contributed by atoms with Gasteiger partial charge in [0.1, 0.15) is 0 Å². The summed E-state index contributed by atoms with van der Waals surface area (Å²) >= 11 is 0. The number of aliphatic hydroxyl groups excluding tert-OH is 1. The molecule has 1 N–H and O–H groups in total. The highest BCUT2D eigenvalue weighted by atomic mass is 16.3. The van der Waals surface area contributed by atoms with E-state index in [1.54, 1.807) is 0 Å². The zero-order valence-electron chi connectivity index (χ0n) is 8.74. The summed E-state index contributed by atoms with van der Waals surface area (Å²) in [4.78, 5) is 2.21. The Labute approximate surface area is 80.9 Å². The molecule has 2 fully saturated rings. The van der Waals surface area contributed by atoms with Gasteiger partial charge in [0.2, 0.25) is 0 Å². The van der Waals surface area contributed by atoms with Crippen molar-refractivity contribution in [1.82, 2.24) is 4.90 Å². The van der Waals surface area contributed by atoms with Crippen LogP contribution < -0.4 is 0 Å². The molecule has 2 heteroatoms. The molecular formula is C11H21NO. The summed E-state index contributed by atoms with van der Waals surface area (Å²) in [7, 11) is 4.21. The summed E-state index contributed by atoms with van der Waals surface area (Å²) in [6, 6.07) is 0. The van der Waals surface area contributed by atoms with E-state index in [0.29, 0.717) is 5.92 Å². The van der Waals surface area contributed by atoms with Gasteiger partial charge in [-0.2, -0.15) is 0 Å². The van der Waals surface area contributed by atoms with Crippen LogP contribution in [-0.2, 0) is 0 Å². The lowest BCUT2D eigenvalue weighted by Crippen LogP contribution is -2.38. The van der Waals surface area contributed by atoms with Crippen molar-refractivity contribution in [3.8, 4) is 0 Å². The zero-order chi connectivity index (χ0) is 9.42. The van der Waals surface area contributed by atoms with Gasteiger partial charge in [-0.05, 0) is 45.2 Å². The Morgan fingerprint density at radius 1 is 1.23 bits per heavy atom. The Kier molecular flexibility index (Phi) is 2.61. The molecule has 0 saturated heterocycles. The summed E-state index contributed by atoms with van der Waals surface area (Å²) < 4.78 is 0. The average Bonchev–Trinajstić information content (AvgIpc) is 2.42. The molecule has 4 atom stereocenters. The summed E-state index contributed by atoms with van der Waals surface area (Å²) in [6.07, 6.45) is 5.16. The summed E-state index contributed by atoms with van der Waals surface area (Å²) in [5.41, 5.74) is 0. The molecule has 2 nitrogen and oxygen atoms in total. The normalized spacial score (nSPS) is 44.3. The standard InChI is InChI=1S/C11H21NO/c1-12(2)7-10-9-4-3-8(5-9)6-11(10)13/h8-11,13H,3-7H2,1-2H3/t8-,9+,10?,11?/m0/s1. The highest BCUT2D eigenvalue weighted by molar-refractivity contribution is 4.92. The summed E-state index contributed by atoms with van der Waals surface area (Å²) in [5, 5.41) is 9.97. The molecule has 2 saturated carbocycles. The van der Waals surface area contributed by atoms with E-state index < -0.39 is 0 Å². The van der Waals surface area contributed by atoms with Crippen molar-refractivity contribution >= 4 is 0 Å². The first-order chi connectivity index (χ1) is 6.16. The van der Waals surface area contributed by atoms with Crippen molar-refractivity contribution in [2.24, 2.45) is 17.8 Å². The topological polar surface area (TPSA) is 23.5 Å². The average molecular weight is 183 g/mol. The SMILES string of the molecule is CN(C)CC1C(O)C[C@H]2CC[C@@H]1C2. The summed E-state index contributed by atoms with van der Waals surface area (Å²) in [6.45, 7) is 1.07. The van der Waals surface area contributed by atoms with Crippen LogP contribution in [0.25, 0.3) is 0 Å². The fraction of sp³-hybridized carbons (Fsp3) is 1.00. The minimum absolute atomic E-state index is 0.0198. The maximum Gasteiger partial charge on any atom is 0.0585 e. The minimum Gasteiger partial charge on any atom is -0.393 e. The van der Waals surface area contributed by atoms with Crippen LogP contribution in [0.1, 0.15) is 25.7 Å². The molecule has 2 aliphatic carbocycles. The van der Waals surface area contributed by atoms with E-state index in [0.717, 1.165) is 24.8 Å². The van der Waals surface area contributed by atoms with Gasteiger partial charge in [0, 0.05) is 12.5 Å². The monoisotopic (exact) mass is 183 g/mol. The lowest BCUT2D eigenvalue weighted by atomic mass is 9.77. The van der Waals surface area contributed by atoms with Crippen LogP contribution in [0.3, 0.4) is 0 Å². The second-order valence-corrected chi connectivity index (χ2v) is 5.17. The molecule has 2 rings (SSSR count). The maximum atomic E-state index is 9.97.